The van der Waals surface area contributed by atoms with E-state index in [-0.39, 0.29) is 31.4 Å². The van der Waals surface area contributed by atoms with Crippen LogP contribution in [0.4, 0.5) is 5.69 Å². The predicted octanol–water partition coefficient (Wildman–Crippen LogP) is 3.22. The number of hydrogen-bond donors (Lipinski definition) is 1. The van der Waals surface area contributed by atoms with Crippen LogP contribution in [-0.4, -0.2) is 57.8 Å². The molecule has 4 rings (SSSR count). The van der Waals surface area contributed by atoms with Crippen LogP contribution in [0.1, 0.15) is 11.1 Å². The van der Waals surface area contributed by atoms with Crippen molar-refractivity contribution in [3.63, 3.8) is 0 Å². The summed E-state index contributed by atoms with van der Waals surface area (Å²) in [5, 5.41) is 3.06. The fourth-order valence-corrected chi connectivity index (χ4v) is 5.22. The van der Waals surface area contributed by atoms with Crippen molar-refractivity contribution >= 4 is 39.1 Å². The minimum Gasteiger partial charge on any atom is -0.454 e. The van der Waals surface area contributed by atoms with Crippen LogP contribution in [0.25, 0.3) is 0 Å². The number of sulfonamides is 1. The quantitative estimate of drug-likeness (QED) is 0.410. The number of rotatable bonds is 10. The highest BCUT2D eigenvalue weighted by molar-refractivity contribution is 7.92. The zero-order chi connectivity index (χ0) is 27.3. The summed E-state index contributed by atoms with van der Waals surface area (Å²) in [6.07, 6.45) is 1.24. The van der Waals surface area contributed by atoms with E-state index < -0.39 is 28.5 Å². The second-order valence-corrected chi connectivity index (χ2v) is 11.1. The Balaban J connectivity index is 1.71. The van der Waals surface area contributed by atoms with E-state index in [1.807, 2.05) is 30.3 Å². The van der Waals surface area contributed by atoms with Gasteiger partial charge < -0.3 is 19.7 Å². The van der Waals surface area contributed by atoms with Crippen molar-refractivity contribution < 1.29 is 27.5 Å². The normalized spacial score (nSPS) is 13.0. The molecule has 3 aromatic rings. The van der Waals surface area contributed by atoms with Gasteiger partial charge in [0.2, 0.25) is 28.6 Å². The van der Waals surface area contributed by atoms with E-state index in [0.29, 0.717) is 22.1 Å². The number of fused-ring (bicyclic) bond motifs is 1. The molecule has 0 saturated heterocycles. The van der Waals surface area contributed by atoms with Gasteiger partial charge in [-0.2, -0.15) is 0 Å². The summed E-state index contributed by atoms with van der Waals surface area (Å²) in [4.78, 5) is 28.4. The SMILES string of the molecule is CNC(=O)C(Cc1ccccc1)N(Cc1ccccc1Cl)C(=O)CN(c1ccc2c(c1)OCO2)S(C)(=O)=O. The topological polar surface area (TPSA) is 105 Å². The zero-order valence-electron chi connectivity index (χ0n) is 21.0. The van der Waals surface area contributed by atoms with E-state index in [0.717, 1.165) is 16.1 Å². The van der Waals surface area contributed by atoms with Crippen molar-refractivity contribution in [3.8, 4) is 11.5 Å². The van der Waals surface area contributed by atoms with E-state index in [4.69, 9.17) is 21.1 Å². The van der Waals surface area contributed by atoms with Gasteiger partial charge in [0.25, 0.3) is 0 Å². The molecule has 1 N–H and O–H groups in total. The van der Waals surface area contributed by atoms with Crippen molar-refractivity contribution in [3.05, 3.63) is 88.9 Å². The molecule has 0 spiro atoms. The molecule has 1 heterocycles. The summed E-state index contributed by atoms with van der Waals surface area (Å²) in [6, 6.07) is 20.0. The van der Waals surface area contributed by atoms with Crippen LogP contribution in [0.15, 0.2) is 72.8 Å². The number of likely N-dealkylation sites (N-methyl/N-ethyl adjacent to an activating group) is 1. The first-order valence-electron chi connectivity index (χ1n) is 11.8. The summed E-state index contributed by atoms with van der Waals surface area (Å²) < 4.78 is 37.4. The summed E-state index contributed by atoms with van der Waals surface area (Å²) >= 11 is 6.41. The summed E-state index contributed by atoms with van der Waals surface area (Å²) in [7, 11) is -2.40. The fourth-order valence-electron chi connectivity index (χ4n) is 4.18. The molecule has 1 unspecified atom stereocenters. The smallest absolute Gasteiger partial charge is 0.244 e. The third kappa shape index (κ3) is 6.38. The van der Waals surface area contributed by atoms with Gasteiger partial charge in [-0.1, -0.05) is 60.1 Å². The van der Waals surface area contributed by atoms with E-state index in [2.05, 4.69) is 5.32 Å². The maximum Gasteiger partial charge on any atom is 0.244 e. The highest BCUT2D eigenvalue weighted by Gasteiger charge is 2.33. The molecule has 1 atom stereocenters. The number of nitrogens with one attached hydrogen (secondary N) is 1. The largest absolute Gasteiger partial charge is 0.454 e. The van der Waals surface area contributed by atoms with Crippen LogP contribution in [0, 0.1) is 0 Å². The lowest BCUT2D eigenvalue weighted by Crippen LogP contribution is -2.52. The molecule has 0 aliphatic carbocycles. The van der Waals surface area contributed by atoms with Crippen molar-refractivity contribution in [2.75, 3.05) is 30.9 Å². The third-order valence-electron chi connectivity index (χ3n) is 6.14. The maximum atomic E-state index is 13.9. The number of halogens is 1. The maximum absolute atomic E-state index is 13.9. The lowest BCUT2D eigenvalue weighted by atomic mass is 10.0. The van der Waals surface area contributed by atoms with Gasteiger partial charge in [-0.25, -0.2) is 8.42 Å². The number of anilines is 1. The molecule has 200 valence electrons. The van der Waals surface area contributed by atoms with Crippen LogP contribution in [0.3, 0.4) is 0 Å². The van der Waals surface area contributed by atoms with Crippen LogP contribution < -0.4 is 19.1 Å². The Bertz CT molecular complexity index is 1420. The lowest BCUT2D eigenvalue weighted by Gasteiger charge is -2.33. The summed E-state index contributed by atoms with van der Waals surface area (Å²) in [5.74, 6) is -0.0963. The molecular formula is C27H28ClN3O6S. The van der Waals surface area contributed by atoms with E-state index in [9.17, 15) is 18.0 Å². The molecule has 38 heavy (non-hydrogen) atoms. The molecule has 1 aliphatic rings. The Morgan fingerprint density at radius 3 is 2.37 bits per heavy atom. The summed E-state index contributed by atoms with van der Waals surface area (Å²) in [5.41, 5.74) is 1.70. The Morgan fingerprint density at radius 2 is 1.68 bits per heavy atom. The number of ether oxygens (including phenoxy) is 2. The number of hydrogen-bond acceptors (Lipinski definition) is 6. The minimum absolute atomic E-state index is 0.00215. The Kier molecular flexibility index (Phi) is 8.43. The molecule has 0 aromatic heterocycles. The Morgan fingerprint density at radius 1 is 1.00 bits per heavy atom. The van der Waals surface area contributed by atoms with Crippen molar-refractivity contribution in [2.45, 2.75) is 19.0 Å². The van der Waals surface area contributed by atoms with Crippen LogP contribution in [-0.2, 0) is 32.6 Å². The highest BCUT2D eigenvalue weighted by Crippen LogP contribution is 2.36. The molecule has 1 aliphatic heterocycles. The second-order valence-electron chi connectivity index (χ2n) is 8.74. The van der Waals surface area contributed by atoms with Crippen molar-refractivity contribution in [1.29, 1.82) is 0 Å². The first-order valence-corrected chi connectivity index (χ1v) is 14.1. The van der Waals surface area contributed by atoms with Crippen molar-refractivity contribution in [1.82, 2.24) is 10.2 Å². The standard InChI is InChI=1S/C27H28ClN3O6S/c1-29-27(33)23(14-19-8-4-3-5-9-19)30(16-20-10-6-7-11-22(20)28)26(32)17-31(38(2,34)35)21-12-13-24-25(15-21)37-18-36-24/h3-13,15,23H,14,16-18H2,1-2H3,(H,29,33). The van der Waals surface area contributed by atoms with E-state index >= 15 is 0 Å². The monoisotopic (exact) mass is 557 g/mol. The van der Waals surface area contributed by atoms with Gasteiger partial charge >= 0.3 is 0 Å². The first kappa shape index (κ1) is 27.3. The van der Waals surface area contributed by atoms with Crippen LogP contribution in [0.2, 0.25) is 5.02 Å². The van der Waals surface area contributed by atoms with Crippen LogP contribution >= 0.6 is 11.6 Å². The van der Waals surface area contributed by atoms with Gasteiger partial charge in [-0.3, -0.25) is 13.9 Å². The van der Waals surface area contributed by atoms with E-state index in [1.54, 1.807) is 36.4 Å². The molecule has 9 nitrogen and oxygen atoms in total. The molecule has 2 amide bonds. The number of nitrogens with zero attached hydrogens (tertiary/aromatic N) is 2. The number of carbonyl (C=O) groups excluding carboxylic acids is 2. The molecule has 11 heteroatoms. The van der Waals surface area contributed by atoms with Gasteiger partial charge in [0, 0.05) is 31.1 Å². The molecular weight excluding hydrogens is 530 g/mol. The summed E-state index contributed by atoms with van der Waals surface area (Å²) in [6.45, 7) is -0.511. The fraction of sp³-hybridized carbons (Fsp3) is 0.259. The highest BCUT2D eigenvalue weighted by atomic mass is 35.5. The Hall–Kier alpha value is -3.76. The van der Waals surface area contributed by atoms with Gasteiger partial charge in [0.05, 0.1) is 11.9 Å². The zero-order valence-corrected chi connectivity index (χ0v) is 22.5. The molecule has 0 saturated carbocycles. The average Bonchev–Trinajstić information content (AvgIpc) is 3.37. The molecule has 0 fully saturated rings. The van der Waals surface area contributed by atoms with Gasteiger partial charge in [-0.05, 0) is 29.3 Å². The molecule has 3 aromatic carbocycles. The average molecular weight is 558 g/mol. The first-order chi connectivity index (χ1) is 18.2. The van der Waals surface area contributed by atoms with E-state index in [1.165, 1.54) is 18.0 Å². The predicted molar refractivity (Wildman–Crippen MR) is 145 cm³/mol. The number of amides is 2. The lowest BCUT2D eigenvalue weighted by molar-refractivity contribution is -0.139. The van der Waals surface area contributed by atoms with Gasteiger partial charge in [0.1, 0.15) is 12.6 Å². The third-order valence-corrected chi connectivity index (χ3v) is 7.65. The van der Waals surface area contributed by atoms with Crippen LogP contribution in [0.5, 0.6) is 11.5 Å². The van der Waals surface area contributed by atoms with Gasteiger partial charge in [0.15, 0.2) is 11.5 Å². The Labute approximate surface area is 227 Å². The number of carbonyl (C=O) groups is 2. The number of benzene rings is 3. The minimum atomic E-state index is -3.89. The second kappa shape index (κ2) is 11.7. The van der Waals surface area contributed by atoms with Crippen molar-refractivity contribution in [2.24, 2.45) is 0 Å². The molecule has 0 radical (unpaired) electrons. The van der Waals surface area contributed by atoms with Gasteiger partial charge in [-0.15, -0.1) is 0 Å². The molecule has 0 bridgehead atoms.